The van der Waals surface area contributed by atoms with Gasteiger partial charge >= 0.3 is 0 Å². The molecule has 0 unspecified atom stereocenters. The molecule has 1 rings (SSSR count). The van der Waals surface area contributed by atoms with E-state index < -0.39 is 5.60 Å². The second-order valence-corrected chi connectivity index (χ2v) is 4.41. The third-order valence-electron chi connectivity index (χ3n) is 2.41. The van der Waals surface area contributed by atoms with Gasteiger partial charge in [-0.3, -0.25) is 0 Å². The van der Waals surface area contributed by atoms with Crippen LogP contribution >= 0.6 is 0 Å². The lowest BCUT2D eigenvalue weighted by Crippen LogP contribution is -2.24. The maximum atomic E-state index is 5.74. The zero-order valence-corrected chi connectivity index (χ0v) is 10.0. The molecule has 0 amide bonds. The number of aromatic nitrogens is 2. The number of rotatable bonds is 3. The monoisotopic (exact) mass is 209 g/mol. The first kappa shape index (κ1) is 11.9. The van der Waals surface area contributed by atoms with Crippen LogP contribution in [-0.4, -0.2) is 17.1 Å². The standard InChI is InChI=1S/C11H19N3O/c1-7(2)8-6-9(12)14-10(13-8)11(3,4)15-5/h6-7H,1-5H3,(H2,12,13,14). The Morgan fingerprint density at radius 1 is 1.33 bits per heavy atom. The van der Waals surface area contributed by atoms with Crippen molar-refractivity contribution in [1.29, 1.82) is 0 Å². The Bertz CT molecular complexity index is 348. The average Bonchev–Trinajstić information content (AvgIpc) is 2.16. The molecule has 0 saturated carbocycles. The molecular formula is C11H19N3O. The number of nitrogens with two attached hydrogens (primary N) is 1. The molecular weight excluding hydrogens is 190 g/mol. The first-order chi connectivity index (χ1) is 6.86. The molecule has 2 N–H and O–H groups in total. The molecule has 0 saturated heterocycles. The minimum absolute atomic E-state index is 0.335. The second kappa shape index (κ2) is 4.14. The van der Waals surface area contributed by atoms with E-state index in [-0.39, 0.29) is 0 Å². The van der Waals surface area contributed by atoms with E-state index >= 15 is 0 Å². The van der Waals surface area contributed by atoms with Gasteiger partial charge in [0.05, 0.1) is 0 Å². The Labute approximate surface area is 90.9 Å². The molecule has 84 valence electrons. The lowest BCUT2D eigenvalue weighted by atomic mass is 10.1. The molecule has 4 nitrogen and oxygen atoms in total. The van der Waals surface area contributed by atoms with Gasteiger partial charge in [0.1, 0.15) is 11.4 Å². The molecule has 0 aliphatic carbocycles. The maximum Gasteiger partial charge on any atom is 0.162 e. The van der Waals surface area contributed by atoms with Gasteiger partial charge in [-0.2, -0.15) is 0 Å². The smallest absolute Gasteiger partial charge is 0.162 e. The Morgan fingerprint density at radius 2 is 1.93 bits per heavy atom. The van der Waals surface area contributed by atoms with Crippen LogP contribution < -0.4 is 5.73 Å². The Hall–Kier alpha value is -1.16. The van der Waals surface area contributed by atoms with Crippen LogP contribution in [0.2, 0.25) is 0 Å². The summed E-state index contributed by atoms with van der Waals surface area (Å²) >= 11 is 0. The number of nitrogens with zero attached hydrogens (tertiary/aromatic N) is 2. The summed E-state index contributed by atoms with van der Waals surface area (Å²) in [6.45, 7) is 7.99. The number of hydrogen-bond acceptors (Lipinski definition) is 4. The lowest BCUT2D eigenvalue weighted by molar-refractivity contribution is 0.0114. The zero-order valence-electron chi connectivity index (χ0n) is 10.0. The third kappa shape index (κ3) is 2.65. The minimum Gasteiger partial charge on any atom is -0.384 e. The molecule has 0 radical (unpaired) electrons. The Kier molecular flexibility index (Phi) is 3.29. The Morgan fingerprint density at radius 3 is 2.40 bits per heavy atom. The van der Waals surface area contributed by atoms with Gasteiger partial charge in [0.2, 0.25) is 0 Å². The fourth-order valence-corrected chi connectivity index (χ4v) is 1.14. The molecule has 0 aromatic carbocycles. The van der Waals surface area contributed by atoms with Crippen molar-refractivity contribution in [1.82, 2.24) is 9.97 Å². The summed E-state index contributed by atoms with van der Waals surface area (Å²) in [5.74, 6) is 1.46. The SMILES string of the molecule is COC(C)(C)c1nc(N)cc(C(C)C)n1. The van der Waals surface area contributed by atoms with Crippen LogP contribution in [0, 0.1) is 0 Å². The quantitative estimate of drug-likeness (QED) is 0.827. The van der Waals surface area contributed by atoms with Crippen molar-refractivity contribution in [2.24, 2.45) is 0 Å². The summed E-state index contributed by atoms with van der Waals surface area (Å²) in [5, 5.41) is 0. The highest BCUT2D eigenvalue weighted by molar-refractivity contribution is 5.32. The summed E-state index contributed by atoms with van der Waals surface area (Å²) in [6, 6.07) is 1.81. The van der Waals surface area contributed by atoms with Crippen LogP contribution in [0.3, 0.4) is 0 Å². The largest absolute Gasteiger partial charge is 0.384 e. The van der Waals surface area contributed by atoms with Gasteiger partial charge in [0, 0.05) is 18.9 Å². The van der Waals surface area contributed by atoms with Crippen LogP contribution in [0.1, 0.15) is 45.1 Å². The van der Waals surface area contributed by atoms with Crippen molar-refractivity contribution in [2.75, 3.05) is 12.8 Å². The van der Waals surface area contributed by atoms with E-state index in [0.717, 1.165) is 5.69 Å². The summed E-state index contributed by atoms with van der Waals surface area (Å²) in [7, 11) is 1.64. The molecule has 1 aromatic heterocycles. The fourth-order valence-electron chi connectivity index (χ4n) is 1.14. The molecule has 1 aromatic rings. The molecule has 0 atom stereocenters. The summed E-state index contributed by atoms with van der Waals surface area (Å²) in [4.78, 5) is 8.66. The number of hydrogen-bond donors (Lipinski definition) is 1. The maximum absolute atomic E-state index is 5.74. The summed E-state index contributed by atoms with van der Waals surface area (Å²) in [6.07, 6.45) is 0. The molecule has 0 bridgehead atoms. The summed E-state index contributed by atoms with van der Waals surface area (Å²) < 4.78 is 5.33. The number of ether oxygens (including phenoxy) is 1. The molecule has 0 spiro atoms. The van der Waals surface area contributed by atoms with E-state index in [1.807, 2.05) is 13.8 Å². The molecule has 4 heteroatoms. The van der Waals surface area contributed by atoms with Crippen molar-refractivity contribution in [3.63, 3.8) is 0 Å². The number of methoxy groups -OCH3 is 1. The lowest BCUT2D eigenvalue weighted by Gasteiger charge is -2.22. The van der Waals surface area contributed by atoms with Crippen LogP contribution in [-0.2, 0) is 10.3 Å². The number of anilines is 1. The normalized spacial score (nSPS) is 12.1. The van der Waals surface area contributed by atoms with Gasteiger partial charge in [-0.15, -0.1) is 0 Å². The Balaban J connectivity index is 3.20. The molecule has 0 fully saturated rings. The zero-order chi connectivity index (χ0) is 11.6. The van der Waals surface area contributed by atoms with Crippen LogP contribution in [0.15, 0.2) is 6.07 Å². The summed E-state index contributed by atoms with van der Waals surface area (Å²) in [5.41, 5.74) is 6.19. The van der Waals surface area contributed by atoms with Crippen molar-refractivity contribution < 1.29 is 4.74 Å². The van der Waals surface area contributed by atoms with Crippen LogP contribution in [0.4, 0.5) is 5.82 Å². The average molecular weight is 209 g/mol. The molecule has 0 aliphatic rings. The highest BCUT2D eigenvalue weighted by Gasteiger charge is 2.24. The highest BCUT2D eigenvalue weighted by atomic mass is 16.5. The van der Waals surface area contributed by atoms with E-state index in [2.05, 4.69) is 23.8 Å². The molecule has 0 aliphatic heterocycles. The van der Waals surface area contributed by atoms with E-state index in [1.54, 1.807) is 13.2 Å². The predicted octanol–water partition coefficient (Wildman–Crippen LogP) is 2.06. The van der Waals surface area contributed by atoms with Crippen molar-refractivity contribution in [3.8, 4) is 0 Å². The topological polar surface area (TPSA) is 61.0 Å². The first-order valence-electron chi connectivity index (χ1n) is 5.07. The van der Waals surface area contributed by atoms with Crippen molar-refractivity contribution in [3.05, 3.63) is 17.6 Å². The van der Waals surface area contributed by atoms with Gasteiger partial charge < -0.3 is 10.5 Å². The fraction of sp³-hybridized carbons (Fsp3) is 0.636. The van der Waals surface area contributed by atoms with Gasteiger partial charge in [-0.1, -0.05) is 13.8 Å². The van der Waals surface area contributed by atoms with Crippen LogP contribution in [0.5, 0.6) is 0 Å². The van der Waals surface area contributed by atoms with Crippen molar-refractivity contribution in [2.45, 2.75) is 39.2 Å². The molecule has 15 heavy (non-hydrogen) atoms. The van der Waals surface area contributed by atoms with Gasteiger partial charge in [-0.25, -0.2) is 9.97 Å². The predicted molar refractivity (Wildman–Crippen MR) is 60.6 cm³/mol. The number of nitrogen functional groups attached to an aromatic ring is 1. The van der Waals surface area contributed by atoms with Crippen LogP contribution in [0.25, 0.3) is 0 Å². The van der Waals surface area contributed by atoms with E-state index in [4.69, 9.17) is 10.5 Å². The van der Waals surface area contributed by atoms with E-state index in [1.165, 1.54) is 0 Å². The van der Waals surface area contributed by atoms with Gasteiger partial charge in [0.15, 0.2) is 5.82 Å². The highest BCUT2D eigenvalue weighted by Crippen LogP contribution is 2.23. The van der Waals surface area contributed by atoms with Gasteiger partial charge in [-0.05, 0) is 19.8 Å². The molecule has 1 heterocycles. The first-order valence-corrected chi connectivity index (χ1v) is 5.07. The van der Waals surface area contributed by atoms with Gasteiger partial charge in [0.25, 0.3) is 0 Å². The minimum atomic E-state index is -0.501. The second-order valence-electron chi connectivity index (χ2n) is 4.41. The van der Waals surface area contributed by atoms with E-state index in [9.17, 15) is 0 Å². The van der Waals surface area contributed by atoms with Crippen molar-refractivity contribution >= 4 is 5.82 Å². The third-order valence-corrected chi connectivity index (χ3v) is 2.41. The van der Waals surface area contributed by atoms with E-state index in [0.29, 0.717) is 17.6 Å².